The molecule has 0 atom stereocenters. The molecule has 0 aliphatic heterocycles. The highest BCUT2D eigenvalue weighted by Crippen LogP contribution is 2.18. The molecule has 0 unspecified atom stereocenters. The third-order valence-electron chi connectivity index (χ3n) is 2.35. The number of nitrogens with one attached hydrogen (secondary N) is 1. The standard InChI is InChI=1S/C12H16FNO2/c1-8(2)9-4-5-11(13)10(6-9)7-14-12(15)16-3/h4-6,8H,7H2,1-3H3,(H,14,15). The number of benzene rings is 1. The summed E-state index contributed by atoms with van der Waals surface area (Å²) in [6.07, 6.45) is -0.561. The second-order valence-electron chi connectivity index (χ2n) is 3.85. The Morgan fingerprint density at radius 2 is 2.19 bits per heavy atom. The first-order valence-electron chi connectivity index (χ1n) is 5.14. The molecular weight excluding hydrogens is 209 g/mol. The molecule has 0 saturated heterocycles. The third-order valence-corrected chi connectivity index (χ3v) is 2.35. The molecule has 0 fully saturated rings. The van der Waals surface area contributed by atoms with Crippen LogP contribution in [0.2, 0.25) is 0 Å². The summed E-state index contributed by atoms with van der Waals surface area (Å²) >= 11 is 0. The van der Waals surface area contributed by atoms with E-state index in [1.165, 1.54) is 13.2 Å². The van der Waals surface area contributed by atoms with Crippen LogP contribution >= 0.6 is 0 Å². The summed E-state index contributed by atoms with van der Waals surface area (Å²) in [6, 6.07) is 4.93. The van der Waals surface area contributed by atoms with Crippen LogP contribution in [0.3, 0.4) is 0 Å². The van der Waals surface area contributed by atoms with E-state index in [-0.39, 0.29) is 12.4 Å². The van der Waals surface area contributed by atoms with Gasteiger partial charge >= 0.3 is 6.09 Å². The van der Waals surface area contributed by atoms with Gasteiger partial charge in [-0.05, 0) is 17.5 Å². The second kappa shape index (κ2) is 5.49. The Bertz CT molecular complexity index is 377. The summed E-state index contributed by atoms with van der Waals surface area (Å²) in [5, 5.41) is 2.45. The molecule has 0 saturated carbocycles. The Hall–Kier alpha value is -1.58. The Kier molecular flexibility index (Phi) is 4.28. The van der Waals surface area contributed by atoms with Crippen LogP contribution in [0.1, 0.15) is 30.9 Å². The number of halogens is 1. The van der Waals surface area contributed by atoms with Crippen molar-refractivity contribution in [2.75, 3.05) is 7.11 Å². The molecule has 1 aromatic rings. The van der Waals surface area contributed by atoms with Gasteiger partial charge < -0.3 is 10.1 Å². The van der Waals surface area contributed by atoms with E-state index < -0.39 is 6.09 Å². The maximum atomic E-state index is 13.4. The van der Waals surface area contributed by atoms with E-state index in [1.54, 1.807) is 12.1 Å². The van der Waals surface area contributed by atoms with Gasteiger partial charge in [0.15, 0.2) is 0 Å². The van der Waals surface area contributed by atoms with Crippen LogP contribution in [0.15, 0.2) is 18.2 Å². The molecule has 16 heavy (non-hydrogen) atoms. The van der Waals surface area contributed by atoms with Crippen LogP contribution in [0.4, 0.5) is 9.18 Å². The highest BCUT2D eigenvalue weighted by Gasteiger charge is 2.07. The van der Waals surface area contributed by atoms with Crippen LogP contribution in [0.25, 0.3) is 0 Å². The van der Waals surface area contributed by atoms with Crippen molar-refractivity contribution in [3.63, 3.8) is 0 Å². The summed E-state index contributed by atoms with van der Waals surface area (Å²) in [4.78, 5) is 10.9. The fourth-order valence-electron chi connectivity index (χ4n) is 1.33. The second-order valence-corrected chi connectivity index (χ2v) is 3.85. The molecule has 88 valence electrons. The molecule has 0 spiro atoms. The Labute approximate surface area is 94.6 Å². The molecule has 0 aliphatic carbocycles. The zero-order chi connectivity index (χ0) is 12.1. The molecule has 4 heteroatoms. The lowest BCUT2D eigenvalue weighted by atomic mass is 10.0. The van der Waals surface area contributed by atoms with Crippen LogP contribution in [0.5, 0.6) is 0 Å². The summed E-state index contributed by atoms with van der Waals surface area (Å²) in [6.45, 7) is 4.20. The molecule has 1 rings (SSSR count). The van der Waals surface area contributed by atoms with E-state index >= 15 is 0 Å². The van der Waals surface area contributed by atoms with E-state index in [9.17, 15) is 9.18 Å². The summed E-state index contributed by atoms with van der Waals surface area (Å²) in [5.74, 6) is 0.0123. The van der Waals surface area contributed by atoms with Crippen molar-refractivity contribution < 1.29 is 13.9 Å². The van der Waals surface area contributed by atoms with Gasteiger partial charge in [-0.25, -0.2) is 9.18 Å². The average Bonchev–Trinajstić information content (AvgIpc) is 2.27. The maximum absolute atomic E-state index is 13.4. The number of ether oxygens (including phenoxy) is 1. The van der Waals surface area contributed by atoms with Gasteiger partial charge in [0, 0.05) is 12.1 Å². The molecular formula is C12H16FNO2. The van der Waals surface area contributed by atoms with E-state index in [0.717, 1.165) is 5.56 Å². The molecule has 0 radical (unpaired) electrons. The quantitative estimate of drug-likeness (QED) is 0.859. The predicted molar refractivity (Wildman–Crippen MR) is 59.7 cm³/mol. The van der Waals surface area contributed by atoms with Crippen molar-refractivity contribution in [2.24, 2.45) is 0 Å². The summed E-state index contributed by atoms with van der Waals surface area (Å²) in [5.41, 5.74) is 1.51. The summed E-state index contributed by atoms with van der Waals surface area (Å²) < 4.78 is 17.8. The number of alkyl carbamates (subject to hydrolysis) is 1. The molecule has 0 heterocycles. The van der Waals surface area contributed by atoms with Gasteiger partial charge in [-0.15, -0.1) is 0 Å². The number of methoxy groups -OCH3 is 1. The minimum Gasteiger partial charge on any atom is -0.453 e. The maximum Gasteiger partial charge on any atom is 0.407 e. The van der Waals surface area contributed by atoms with Crippen molar-refractivity contribution in [2.45, 2.75) is 26.3 Å². The predicted octanol–water partition coefficient (Wildman–Crippen LogP) is 2.81. The Morgan fingerprint density at radius 1 is 1.50 bits per heavy atom. The Morgan fingerprint density at radius 3 is 2.75 bits per heavy atom. The highest BCUT2D eigenvalue weighted by atomic mass is 19.1. The van der Waals surface area contributed by atoms with Gasteiger partial charge in [0.25, 0.3) is 0 Å². The molecule has 1 amide bonds. The fraction of sp³-hybridized carbons (Fsp3) is 0.417. The molecule has 0 aliphatic rings. The number of hydrogen-bond acceptors (Lipinski definition) is 2. The lowest BCUT2D eigenvalue weighted by Crippen LogP contribution is -2.22. The lowest BCUT2D eigenvalue weighted by Gasteiger charge is -2.10. The van der Waals surface area contributed by atoms with Crippen LogP contribution < -0.4 is 5.32 Å². The van der Waals surface area contributed by atoms with Gasteiger partial charge in [-0.1, -0.05) is 26.0 Å². The number of hydrogen-bond donors (Lipinski definition) is 1. The first-order chi connectivity index (χ1) is 7.54. The fourth-order valence-corrected chi connectivity index (χ4v) is 1.33. The van der Waals surface area contributed by atoms with Crippen LogP contribution in [-0.2, 0) is 11.3 Å². The van der Waals surface area contributed by atoms with Crippen molar-refractivity contribution >= 4 is 6.09 Å². The molecule has 1 aromatic carbocycles. The van der Waals surface area contributed by atoms with E-state index in [2.05, 4.69) is 10.1 Å². The smallest absolute Gasteiger partial charge is 0.407 e. The van der Waals surface area contributed by atoms with E-state index in [1.807, 2.05) is 13.8 Å². The van der Waals surface area contributed by atoms with E-state index in [4.69, 9.17) is 0 Å². The van der Waals surface area contributed by atoms with Crippen molar-refractivity contribution in [3.05, 3.63) is 35.1 Å². The van der Waals surface area contributed by atoms with Gasteiger partial charge in [-0.3, -0.25) is 0 Å². The van der Waals surface area contributed by atoms with Crippen LogP contribution in [-0.4, -0.2) is 13.2 Å². The molecule has 0 bridgehead atoms. The molecule has 1 N–H and O–H groups in total. The zero-order valence-electron chi connectivity index (χ0n) is 9.71. The first kappa shape index (κ1) is 12.5. The minimum absolute atomic E-state index is 0.138. The van der Waals surface area contributed by atoms with Gasteiger partial charge in [0.1, 0.15) is 5.82 Å². The normalized spacial score (nSPS) is 10.3. The van der Waals surface area contributed by atoms with Crippen molar-refractivity contribution in [1.29, 1.82) is 0 Å². The number of carbonyl (C=O) groups excluding carboxylic acids is 1. The first-order valence-corrected chi connectivity index (χ1v) is 5.14. The van der Waals surface area contributed by atoms with Gasteiger partial charge in [-0.2, -0.15) is 0 Å². The van der Waals surface area contributed by atoms with Crippen LogP contribution in [0, 0.1) is 5.82 Å². The topological polar surface area (TPSA) is 38.3 Å². The van der Waals surface area contributed by atoms with Crippen molar-refractivity contribution in [3.8, 4) is 0 Å². The molecule has 3 nitrogen and oxygen atoms in total. The number of carbonyl (C=O) groups is 1. The average molecular weight is 225 g/mol. The third kappa shape index (κ3) is 3.22. The minimum atomic E-state index is -0.561. The van der Waals surface area contributed by atoms with Crippen molar-refractivity contribution in [1.82, 2.24) is 5.32 Å². The largest absolute Gasteiger partial charge is 0.453 e. The van der Waals surface area contributed by atoms with Gasteiger partial charge in [0.2, 0.25) is 0 Å². The Balaban J connectivity index is 2.78. The number of rotatable bonds is 3. The monoisotopic (exact) mass is 225 g/mol. The lowest BCUT2D eigenvalue weighted by molar-refractivity contribution is 0.170. The molecule has 0 aromatic heterocycles. The number of amides is 1. The van der Waals surface area contributed by atoms with Gasteiger partial charge in [0.05, 0.1) is 7.11 Å². The summed E-state index contributed by atoms with van der Waals surface area (Å²) in [7, 11) is 1.27. The van der Waals surface area contributed by atoms with E-state index in [0.29, 0.717) is 11.5 Å². The SMILES string of the molecule is COC(=O)NCc1cc(C(C)C)ccc1F. The highest BCUT2D eigenvalue weighted by molar-refractivity contribution is 5.66. The zero-order valence-corrected chi connectivity index (χ0v) is 9.71.